The first-order chi connectivity index (χ1) is 7.87. The van der Waals surface area contributed by atoms with E-state index in [1.54, 1.807) is 32.3 Å². The Morgan fingerprint density at radius 1 is 1.18 bits per heavy atom. The molecular weight excluding hydrogens is 236 g/mol. The first kappa shape index (κ1) is 14.2. The number of benzene rings is 1. The molecule has 0 unspecified atom stereocenters. The molecule has 96 valence electrons. The highest BCUT2D eigenvalue weighted by Crippen LogP contribution is 2.15. The molecule has 0 saturated heterocycles. The third-order valence-corrected chi connectivity index (χ3v) is 4.48. The van der Waals surface area contributed by atoms with E-state index in [1.807, 2.05) is 13.1 Å². The minimum atomic E-state index is -3.33. The number of nitrogens with zero attached hydrogens (tertiary/aromatic N) is 2. The zero-order valence-electron chi connectivity index (χ0n) is 10.8. The predicted molar refractivity (Wildman–Crippen MR) is 69.3 cm³/mol. The van der Waals surface area contributed by atoms with E-state index in [0.717, 1.165) is 18.7 Å². The van der Waals surface area contributed by atoms with E-state index < -0.39 is 10.0 Å². The van der Waals surface area contributed by atoms with Crippen LogP contribution in [0.1, 0.15) is 12.5 Å². The van der Waals surface area contributed by atoms with Crippen LogP contribution in [0.2, 0.25) is 0 Å². The third-order valence-electron chi connectivity index (χ3n) is 2.67. The van der Waals surface area contributed by atoms with E-state index in [2.05, 4.69) is 11.8 Å². The molecule has 17 heavy (non-hydrogen) atoms. The van der Waals surface area contributed by atoms with Gasteiger partial charge in [-0.05, 0) is 31.3 Å². The smallest absolute Gasteiger partial charge is 0.242 e. The first-order valence-electron chi connectivity index (χ1n) is 5.58. The fraction of sp³-hybridized carbons (Fsp3) is 0.500. The van der Waals surface area contributed by atoms with Crippen LogP contribution >= 0.6 is 0 Å². The molecule has 1 aromatic rings. The second-order valence-corrected chi connectivity index (χ2v) is 6.42. The van der Waals surface area contributed by atoms with Crippen LogP contribution in [0.5, 0.6) is 0 Å². The van der Waals surface area contributed by atoms with Crippen molar-refractivity contribution in [2.75, 3.05) is 27.7 Å². The van der Waals surface area contributed by atoms with Gasteiger partial charge < -0.3 is 4.90 Å². The van der Waals surface area contributed by atoms with Gasteiger partial charge in [0.15, 0.2) is 0 Å². The number of sulfonamides is 1. The van der Waals surface area contributed by atoms with Gasteiger partial charge in [-0.2, -0.15) is 0 Å². The highest BCUT2D eigenvalue weighted by Gasteiger charge is 2.17. The largest absolute Gasteiger partial charge is 0.302 e. The van der Waals surface area contributed by atoms with Crippen LogP contribution in [0.4, 0.5) is 0 Å². The SMILES string of the molecule is CCN(C)Cc1cccc(S(=O)(=O)N(C)C)c1. The second-order valence-electron chi connectivity index (χ2n) is 4.27. The van der Waals surface area contributed by atoms with Crippen LogP contribution < -0.4 is 0 Å². The Hall–Kier alpha value is -0.910. The molecule has 1 rings (SSSR count). The summed E-state index contributed by atoms with van der Waals surface area (Å²) < 4.78 is 25.1. The van der Waals surface area contributed by atoms with Crippen molar-refractivity contribution >= 4 is 10.0 Å². The predicted octanol–water partition coefficient (Wildman–Crippen LogP) is 1.39. The van der Waals surface area contributed by atoms with Gasteiger partial charge in [0, 0.05) is 20.6 Å². The maximum absolute atomic E-state index is 12.0. The fourth-order valence-corrected chi connectivity index (χ4v) is 2.41. The van der Waals surface area contributed by atoms with Crippen LogP contribution in [0.3, 0.4) is 0 Å². The van der Waals surface area contributed by atoms with Crippen molar-refractivity contribution in [2.24, 2.45) is 0 Å². The first-order valence-corrected chi connectivity index (χ1v) is 7.02. The Bertz CT molecular complexity index is 469. The van der Waals surface area contributed by atoms with Crippen LogP contribution in [-0.2, 0) is 16.6 Å². The lowest BCUT2D eigenvalue weighted by atomic mass is 10.2. The molecule has 0 atom stereocenters. The molecule has 0 aromatic heterocycles. The molecule has 1 aromatic carbocycles. The molecule has 0 amide bonds. The van der Waals surface area contributed by atoms with Gasteiger partial charge in [0.2, 0.25) is 10.0 Å². The summed E-state index contributed by atoms with van der Waals surface area (Å²) in [5, 5.41) is 0. The van der Waals surface area contributed by atoms with Crippen molar-refractivity contribution in [3.8, 4) is 0 Å². The Labute approximate surface area is 104 Å². The van der Waals surface area contributed by atoms with E-state index in [0.29, 0.717) is 4.90 Å². The molecule has 0 heterocycles. The summed E-state index contributed by atoms with van der Waals surface area (Å²) in [6.07, 6.45) is 0. The fourth-order valence-electron chi connectivity index (χ4n) is 1.44. The second kappa shape index (κ2) is 5.62. The average molecular weight is 256 g/mol. The van der Waals surface area contributed by atoms with Crippen molar-refractivity contribution in [3.05, 3.63) is 29.8 Å². The van der Waals surface area contributed by atoms with Gasteiger partial charge in [-0.3, -0.25) is 0 Å². The minimum absolute atomic E-state index is 0.351. The molecular formula is C12H20N2O2S. The topological polar surface area (TPSA) is 40.6 Å². The molecule has 0 spiro atoms. The van der Waals surface area contributed by atoms with Gasteiger partial charge in [0.1, 0.15) is 0 Å². The number of rotatable bonds is 5. The summed E-state index contributed by atoms with van der Waals surface area (Å²) in [6.45, 7) is 3.76. The summed E-state index contributed by atoms with van der Waals surface area (Å²) >= 11 is 0. The number of hydrogen-bond acceptors (Lipinski definition) is 3. The van der Waals surface area contributed by atoms with Crippen LogP contribution in [0.25, 0.3) is 0 Å². The van der Waals surface area contributed by atoms with Gasteiger partial charge >= 0.3 is 0 Å². The Kier molecular flexibility index (Phi) is 4.68. The van der Waals surface area contributed by atoms with Crippen molar-refractivity contribution in [3.63, 3.8) is 0 Å². The molecule has 0 radical (unpaired) electrons. The van der Waals surface area contributed by atoms with Gasteiger partial charge in [-0.15, -0.1) is 0 Å². The average Bonchev–Trinajstić information content (AvgIpc) is 2.29. The Morgan fingerprint density at radius 3 is 2.35 bits per heavy atom. The van der Waals surface area contributed by atoms with Gasteiger partial charge in [0.05, 0.1) is 4.90 Å². The van der Waals surface area contributed by atoms with E-state index in [9.17, 15) is 8.42 Å². The molecule has 0 aliphatic rings. The summed E-state index contributed by atoms with van der Waals surface area (Å²) in [5.74, 6) is 0. The molecule has 0 fully saturated rings. The minimum Gasteiger partial charge on any atom is -0.302 e. The normalized spacial score (nSPS) is 12.4. The molecule has 4 nitrogen and oxygen atoms in total. The standard InChI is InChI=1S/C12H20N2O2S/c1-5-14(4)10-11-7-6-8-12(9-11)17(15,16)13(2)3/h6-9H,5,10H2,1-4H3. The lowest BCUT2D eigenvalue weighted by Crippen LogP contribution is -2.22. The summed E-state index contributed by atoms with van der Waals surface area (Å²) in [4.78, 5) is 2.48. The Balaban J connectivity index is 3.02. The van der Waals surface area contributed by atoms with E-state index in [4.69, 9.17) is 0 Å². The van der Waals surface area contributed by atoms with Gasteiger partial charge in [0.25, 0.3) is 0 Å². The highest BCUT2D eigenvalue weighted by molar-refractivity contribution is 7.89. The van der Waals surface area contributed by atoms with Crippen LogP contribution in [-0.4, -0.2) is 45.3 Å². The zero-order valence-corrected chi connectivity index (χ0v) is 11.7. The quantitative estimate of drug-likeness (QED) is 0.799. The van der Waals surface area contributed by atoms with E-state index >= 15 is 0 Å². The summed E-state index contributed by atoms with van der Waals surface area (Å²) in [6, 6.07) is 7.10. The molecule has 0 bridgehead atoms. The van der Waals surface area contributed by atoms with E-state index in [1.165, 1.54) is 4.31 Å². The van der Waals surface area contributed by atoms with Crippen molar-refractivity contribution < 1.29 is 8.42 Å². The lowest BCUT2D eigenvalue weighted by molar-refractivity contribution is 0.345. The van der Waals surface area contributed by atoms with Gasteiger partial charge in [-0.25, -0.2) is 12.7 Å². The van der Waals surface area contributed by atoms with E-state index in [-0.39, 0.29) is 0 Å². The summed E-state index contributed by atoms with van der Waals surface area (Å²) in [5.41, 5.74) is 1.01. The molecule has 5 heteroatoms. The van der Waals surface area contributed by atoms with Gasteiger partial charge in [-0.1, -0.05) is 19.1 Å². The monoisotopic (exact) mass is 256 g/mol. The Morgan fingerprint density at radius 2 is 1.82 bits per heavy atom. The zero-order chi connectivity index (χ0) is 13.1. The van der Waals surface area contributed by atoms with Crippen molar-refractivity contribution in [1.29, 1.82) is 0 Å². The maximum Gasteiger partial charge on any atom is 0.242 e. The number of hydrogen-bond donors (Lipinski definition) is 0. The third kappa shape index (κ3) is 3.52. The molecule has 0 N–H and O–H groups in total. The van der Waals surface area contributed by atoms with Crippen LogP contribution in [0.15, 0.2) is 29.2 Å². The highest BCUT2D eigenvalue weighted by atomic mass is 32.2. The van der Waals surface area contributed by atoms with Crippen molar-refractivity contribution in [1.82, 2.24) is 9.21 Å². The maximum atomic E-state index is 12.0. The summed E-state index contributed by atoms with van der Waals surface area (Å²) in [7, 11) is 1.76. The van der Waals surface area contributed by atoms with Crippen LogP contribution in [0, 0.1) is 0 Å². The molecule has 0 aliphatic carbocycles. The molecule has 0 saturated carbocycles. The van der Waals surface area contributed by atoms with Crippen molar-refractivity contribution in [2.45, 2.75) is 18.4 Å². The molecule has 0 aliphatic heterocycles. The lowest BCUT2D eigenvalue weighted by Gasteiger charge is -2.16.